The second-order valence-electron chi connectivity index (χ2n) is 19.6. The maximum Gasteiger partial charge on any atom is 0.331 e. The first kappa shape index (κ1) is 64.7. The number of rotatable bonds is 36. The third kappa shape index (κ3) is 21.8. The monoisotopic (exact) mass is 1090 g/mol. The summed E-state index contributed by atoms with van der Waals surface area (Å²) in [6.07, 6.45) is 8.72. The lowest BCUT2D eigenvalue weighted by Crippen LogP contribution is -2.60. The number of aliphatic hydroxyl groups is 1. The van der Waals surface area contributed by atoms with Gasteiger partial charge < -0.3 is 92.1 Å². The molecule has 432 valence electrons. The molecule has 1 aromatic heterocycles. The van der Waals surface area contributed by atoms with Crippen molar-refractivity contribution in [3.63, 3.8) is 0 Å². The molecule has 0 bridgehead atoms. The molecule has 2 heterocycles. The van der Waals surface area contributed by atoms with Crippen molar-refractivity contribution in [1.82, 2.24) is 46.8 Å². The van der Waals surface area contributed by atoms with Gasteiger partial charge in [-0.3, -0.25) is 43.3 Å². The van der Waals surface area contributed by atoms with Crippen molar-refractivity contribution in [1.29, 1.82) is 0 Å². The summed E-state index contributed by atoms with van der Waals surface area (Å²) in [5, 5.41) is 35.8. The smallest absolute Gasteiger partial charge is 0.331 e. The Morgan fingerprint density at radius 2 is 1.48 bits per heavy atom. The van der Waals surface area contributed by atoms with Gasteiger partial charge in [0.05, 0.1) is 31.1 Å². The van der Waals surface area contributed by atoms with Crippen LogP contribution in [0, 0.1) is 5.92 Å². The Balaban J connectivity index is 1.79. The number of carboxylic acid groups (broad SMARTS) is 1. The van der Waals surface area contributed by atoms with Gasteiger partial charge in [0.1, 0.15) is 30.2 Å². The van der Waals surface area contributed by atoms with E-state index in [-0.39, 0.29) is 87.9 Å². The molecule has 0 radical (unpaired) electrons. The van der Waals surface area contributed by atoms with Crippen molar-refractivity contribution in [2.75, 3.05) is 39.3 Å². The van der Waals surface area contributed by atoms with Crippen LogP contribution in [0.25, 0.3) is 0 Å². The number of imidazole rings is 1. The van der Waals surface area contributed by atoms with Gasteiger partial charge in [-0.1, -0.05) is 25.3 Å². The lowest BCUT2D eigenvalue weighted by molar-refractivity contribution is -0.144. The van der Waals surface area contributed by atoms with Crippen molar-refractivity contribution < 1.29 is 53.4 Å². The van der Waals surface area contributed by atoms with Gasteiger partial charge in [-0.25, -0.2) is 9.78 Å². The van der Waals surface area contributed by atoms with Gasteiger partial charge in [0.25, 0.3) is 0 Å². The first-order valence-corrected chi connectivity index (χ1v) is 26.6. The number of aliphatic carboxylic acids is 1. The van der Waals surface area contributed by atoms with E-state index in [1.165, 1.54) is 30.4 Å². The number of H-pyrrole nitrogens is 1. The van der Waals surface area contributed by atoms with E-state index in [0.29, 0.717) is 57.3 Å². The summed E-state index contributed by atoms with van der Waals surface area (Å²) in [6.45, 7) is 1.29. The molecule has 1 aliphatic carbocycles. The quantitative estimate of drug-likeness (QED) is 0.0130. The van der Waals surface area contributed by atoms with E-state index in [1.54, 1.807) is 0 Å². The number of aliphatic imine (C=N–C) groups is 1. The van der Waals surface area contributed by atoms with Crippen LogP contribution in [0.2, 0.25) is 0 Å². The van der Waals surface area contributed by atoms with Crippen LogP contribution in [0.15, 0.2) is 29.2 Å². The molecule has 3 rings (SSSR count). The molecule has 10 atom stereocenters. The normalized spacial score (nSPS) is 18.9. The molecule has 1 saturated carbocycles. The van der Waals surface area contributed by atoms with Crippen molar-refractivity contribution in [3.05, 3.63) is 29.9 Å². The number of Topliss-reactive ketones (excluding diaryl/α,β-unsaturated/α-hetero) is 1. The molecule has 1 saturated heterocycles. The molecule has 7 amide bonds. The lowest BCUT2D eigenvalue weighted by atomic mass is 9.84. The van der Waals surface area contributed by atoms with E-state index >= 15 is 0 Å². The number of aromatic nitrogens is 2. The fourth-order valence-corrected chi connectivity index (χ4v) is 9.41. The number of unbranched alkanes of at least 4 members (excludes halogenated alkanes) is 2. The number of aromatic amines is 1. The van der Waals surface area contributed by atoms with Crippen LogP contribution >= 0.6 is 0 Å². The Bertz CT molecular complexity index is 2160. The SMILES string of the molecule is C[C@H](NC(=O)[C@@H](NC(=O)[C@@H](N)CCCCN)[C@@H](O)CN)C(=O)NCC(=O)N[C@H](CCCN)C(=O)N1C2CCCCC2C[C@H]1C(=O)N[C@@H](Cc1cnc[nH]1)C(=O)N[C@@H](CCCCN)C(=O)CC/C(=C\CCN=C(N)N)C(=O)O. The highest BCUT2D eigenvalue weighted by Crippen LogP contribution is 2.40. The number of amides is 7. The Labute approximate surface area is 448 Å². The maximum absolute atomic E-state index is 14.8. The highest BCUT2D eigenvalue weighted by Gasteiger charge is 2.49. The molecule has 77 heavy (non-hydrogen) atoms. The van der Waals surface area contributed by atoms with Gasteiger partial charge in [0.2, 0.25) is 41.4 Å². The minimum absolute atomic E-state index is 0.0296. The summed E-state index contributed by atoms with van der Waals surface area (Å²) in [5.74, 6) is -7.06. The van der Waals surface area contributed by atoms with Crippen LogP contribution in [-0.4, -0.2) is 178 Å². The number of nitrogens with zero attached hydrogens (tertiary/aromatic N) is 3. The van der Waals surface area contributed by atoms with Crippen LogP contribution in [0.4, 0.5) is 0 Å². The summed E-state index contributed by atoms with van der Waals surface area (Å²) in [5.41, 5.74) is 39.8. The summed E-state index contributed by atoms with van der Waals surface area (Å²) in [6, 6.07) is -8.86. The van der Waals surface area contributed by atoms with Crippen LogP contribution in [0.3, 0.4) is 0 Å². The predicted octanol–water partition coefficient (Wildman–Crippen LogP) is -4.66. The second kappa shape index (κ2) is 34.2. The largest absolute Gasteiger partial charge is 0.478 e. The number of nitrogens with one attached hydrogen (secondary N) is 7. The number of nitrogens with two attached hydrogens (primary N) is 7. The summed E-state index contributed by atoms with van der Waals surface area (Å²) >= 11 is 0. The Hall–Kier alpha value is -6.59. The molecule has 0 spiro atoms. The zero-order valence-electron chi connectivity index (χ0n) is 44.2. The van der Waals surface area contributed by atoms with Gasteiger partial charge in [0.15, 0.2) is 11.7 Å². The van der Waals surface area contributed by atoms with Gasteiger partial charge in [-0.05, 0) is 110 Å². The molecule has 2 fully saturated rings. The molecule has 23 N–H and O–H groups in total. The molecule has 28 nitrogen and oxygen atoms in total. The summed E-state index contributed by atoms with van der Waals surface area (Å²) in [4.78, 5) is 135. The standard InChI is InChI=1S/C49H85N17O11/c1-28(61-46(74)41(39(68)24-53)65-43(71)32(54)12-4-6-18-50)42(70)59-26-40(69)62-34(14-8-20-52)47(75)66-36-15-3-2-10-30(36)22-37(66)45(73)64-35(23-31-25-57-27-60-31)44(72)63-33(13-5-7-19-51)38(67)17-16-29(48(76)77)11-9-21-58-49(55)56/h11,25,27-28,30,32-37,39,41,68H,2-10,12-24,26,50-54H2,1H3,(H,57,60)(H,59,70)(H,61,74)(H,62,69)(H,63,72)(H,64,73)(H,65,71)(H,76,77)(H4,55,56,58)/b29-11+/t28-,30?,32-,33-,34+,35-,36?,37-,39-,41-/m0/s1. The lowest BCUT2D eigenvalue weighted by Gasteiger charge is -2.36. The number of ketones is 1. The third-order valence-electron chi connectivity index (χ3n) is 13.7. The van der Waals surface area contributed by atoms with Gasteiger partial charge in [-0.2, -0.15) is 0 Å². The zero-order chi connectivity index (χ0) is 57.0. The van der Waals surface area contributed by atoms with E-state index in [2.05, 4.69) is 46.9 Å². The van der Waals surface area contributed by atoms with E-state index in [0.717, 1.165) is 19.3 Å². The van der Waals surface area contributed by atoms with Crippen molar-refractivity contribution in [2.45, 2.75) is 171 Å². The molecule has 1 aromatic rings. The van der Waals surface area contributed by atoms with Crippen molar-refractivity contribution >= 4 is 59.1 Å². The number of carboxylic acids is 1. The average Bonchev–Trinajstić information content (AvgIpc) is 4.08. The van der Waals surface area contributed by atoms with Crippen LogP contribution in [0.1, 0.15) is 115 Å². The maximum atomic E-state index is 14.8. The third-order valence-corrected chi connectivity index (χ3v) is 13.7. The van der Waals surface area contributed by atoms with E-state index in [9.17, 15) is 53.4 Å². The molecule has 2 unspecified atom stereocenters. The minimum atomic E-state index is -1.56. The number of aliphatic hydroxyl groups excluding tert-OH is 1. The number of carbonyl (C=O) groups is 9. The van der Waals surface area contributed by atoms with E-state index in [1.807, 2.05) is 0 Å². The van der Waals surface area contributed by atoms with Crippen molar-refractivity contribution in [2.24, 2.45) is 51.0 Å². The number of hydrogen-bond donors (Lipinski definition) is 16. The van der Waals surface area contributed by atoms with Crippen molar-refractivity contribution in [3.8, 4) is 0 Å². The molecular formula is C49H85N17O11. The van der Waals surface area contributed by atoms with E-state index < -0.39 is 115 Å². The van der Waals surface area contributed by atoms with Gasteiger partial charge in [-0.15, -0.1) is 0 Å². The fourth-order valence-electron chi connectivity index (χ4n) is 9.41. The van der Waals surface area contributed by atoms with Crippen LogP contribution in [0.5, 0.6) is 0 Å². The Morgan fingerprint density at radius 1 is 0.805 bits per heavy atom. The van der Waals surface area contributed by atoms with Crippen LogP contribution < -0.4 is 72.0 Å². The number of guanidine groups is 1. The molecule has 2 aliphatic rings. The number of hydrogen-bond acceptors (Lipinski definition) is 17. The molecule has 28 heteroatoms. The Morgan fingerprint density at radius 3 is 2.12 bits per heavy atom. The van der Waals surface area contributed by atoms with Crippen LogP contribution in [-0.2, 0) is 49.6 Å². The zero-order valence-corrected chi connectivity index (χ0v) is 44.2. The molecular weight excluding hydrogens is 1000 g/mol. The highest BCUT2D eigenvalue weighted by atomic mass is 16.4. The Kier molecular flexibility index (Phi) is 28.8. The predicted molar refractivity (Wildman–Crippen MR) is 284 cm³/mol. The second-order valence-corrected chi connectivity index (χ2v) is 19.6. The molecule has 1 aliphatic heterocycles. The summed E-state index contributed by atoms with van der Waals surface area (Å²) < 4.78 is 0. The number of carbonyl (C=O) groups excluding carboxylic acids is 8. The number of fused-ring (bicyclic) bond motifs is 1. The molecule has 0 aromatic carbocycles. The first-order chi connectivity index (χ1) is 36.8. The summed E-state index contributed by atoms with van der Waals surface area (Å²) in [7, 11) is 0. The fraction of sp³-hybridized carbons (Fsp3) is 0.694. The first-order valence-electron chi connectivity index (χ1n) is 26.6. The topological polar surface area (TPSA) is 493 Å². The van der Waals surface area contributed by atoms with E-state index in [4.69, 9.17) is 40.1 Å². The minimum Gasteiger partial charge on any atom is -0.478 e. The number of likely N-dealkylation sites (tertiary alicyclic amines) is 1. The van der Waals surface area contributed by atoms with Gasteiger partial charge >= 0.3 is 5.97 Å². The highest BCUT2D eigenvalue weighted by molar-refractivity contribution is 5.98. The average molecular weight is 1090 g/mol. The van der Waals surface area contributed by atoms with Gasteiger partial charge in [0, 0.05) is 49.4 Å².